The van der Waals surface area contributed by atoms with Crippen LogP contribution in [0.15, 0.2) is 146 Å². The molecule has 2 heteroatoms. The molecule has 0 N–H and O–H groups in total. The molecule has 2 aliphatic rings. The van der Waals surface area contributed by atoms with E-state index >= 15 is 0 Å². The first-order chi connectivity index (χ1) is 19.2. The van der Waals surface area contributed by atoms with Gasteiger partial charge in [0.1, 0.15) is 0 Å². The quantitative estimate of drug-likeness (QED) is 0.235. The molecule has 39 heavy (non-hydrogen) atoms. The Bertz CT molecular complexity index is 1890. The van der Waals surface area contributed by atoms with Crippen molar-refractivity contribution in [2.24, 2.45) is 0 Å². The molecule has 2 unspecified atom stereocenters. The van der Waals surface area contributed by atoms with Gasteiger partial charge in [-0.25, -0.2) is 0 Å². The fourth-order valence-corrected chi connectivity index (χ4v) is 6.75. The average Bonchev–Trinajstić information content (AvgIpc) is 3.47. The SMILES string of the molecule is CC12C=CC=CC1N(c1cccc(-c3ccccc3)c1)c1ccc(-n3c4ccccc4c4ccccc43)cc12. The van der Waals surface area contributed by atoms with Crippen LogP contribution < -0.4 is 4.90 Å². The third-order valence-corrected chi connectivity index (χ3v) is 8.63. The standard InChI is InChI=1S/C37H28N2/c1-37-23-10-9-20-36(37)39(28-15-11-14-27(24-28)26-12-3-2-4-13-26)35-22-21-29(25-32(35)37)38-33-18-7-5-16-30(33)31-17-6-8-19-34(31)38/h2-25,36H,1H3. The van der Waals surface area contributed by atoms with E-state index in [1.807, 2.05) is 0 Å². The summed E-state index contributed by atoms with van der Waals surface area (Å²) in [6.07, 6.45) is 9.14. The lowest BCUT2D eigenvalue weighted by Crippen LogP contribution is -2.39. The minimum absolute atomic E-state index is 0.137. The largest absolute Gasteiger partial charge is 0.333 e. The Morgan fingerprint density at radius 2 is 1.28 bits per heavy atom. The molecule has 2 atom stereocenters. The molecule has 0 bridgehead atoms. The van der Waals surface area contributed by atoms with Crippen LogP contribution in [0, 0.1) is 0 Å². The summed E-state index contributed by atoms with van der Waals surface area (Å²) in [6.45, 7) is 2.38. The number of hydrogen-bond donors (Lipinski definition) is 0. The zero-order valence-electron chi connectivity index (χ0n) is 21.8. The first kappa shape index (κ1) is 22.2. The number of benzene rings is 5. The molecule has 1 aliphatic heterocycles. The number of allylic oxidation sites excluding steroid dienone is 2. The second kappa shape index (κ2) is 8.34. The Labute approximate surface area is 228 Å². The summed E-state index contributed by atoms with van der Waals surface area (Å²) in [5.41, 5.74) is 9.87. The van der Waals surface area contributed by atoms with Gasteiger partial charge in [-0.2, -0.15) is 0 Å². The number of aromatic nitrogens is 1. The Kier molecular flexibility index (Phi) is 4.75. The smallest absolute Gasteiger partial charge is 0.0655 e. The van der Waals surface area contributed by atoms with E-state index < -0.39 is 0 Å². The molecule has 0 radical (unpaired) electrons. The molecule has 8 rings (SSSR count). The van der Waals surface area contributed by atoms with Gasteiger partial charge < -0.3 is 9.47 Å². The van der Waals surface area contributed by atoms with E-state index in [4.69, 9.17) is 0 Å². The van der Waals surface area contributed by atoms with Crippen molar-refractivity contribution >= 4 is 33.2 Å². The van der Waals surface area contributed by atoms with Crippen molar-refractivity contribution in [3.05, 3.63) is 151 Å². The van der Waals surface area contributed by atoms with Crippen LogP contribution in [0.2, 0.25) is 0 Å². The van der Waals surface area contributed by atoms with Crippen molar-refractivity contribution in [2.45, 2.75) is 18.4 Å². The number of nitrogens with zero attached hydrogens (tertiary/aromatic N) is 2. The Hall–Kier alpha value is -4.82. The zero-order valence-corrected chi connectivity index (χ0v) is 21.8. The number of fused-ring (bicyclic) bond motifs is 6. The van der Waals surface area contributed by atoms with Crippen LogP contribution in [-0.4, -0.2) is 10.6 Å². The van der Waals surface area contributed by atoms with E-state index in [2.05, 4.69) is 162 Å². The van der Waals surface area contributed by atoms with Crippen LogP contribution >= 0.6 is 0 Å². The van der Waals surface area contributed by atoms with Crippen LogP contribution in [0.3, 0.4) is 0 Å². The molecule has 0 fully saturated rings. The summed E-state index contributed by atoms with van der Waals surface area (Å²) in [7, 11) is 0. The Morgan fingerprint density at radius 3 is 2.05 bits per heavy atom. The molecule has 1 aliphatic carbocycles. The molecule has 0 saturated heterocycles. The predicted molar refractivity (Wildman–Crippen MR) is 164 cm³/mol. The van der Waals surface area contributed by atoms with E-state index in [1.165, 1.54) is 55.6 Å². The highest BCUT2D eigenvalue weighted by Gasteiger charge is 2.46. The van der Waals surface area contributed by atoms with Gasteiger partial charge in [0.25, 0.3) is 0 Å². The predicted octanol–water partition coefficient (Wildman–Crippen LogP) is 9.35. The molecular weight excluding hydrogens is 472 g/mol. The summed E-state index contributed by atoms with van der Waals surface area (Å²) < 4.78 is 2.42. The lowest BCUT2D eigenvalue weighted by Gasteiger charge is -2.34. The third kappa shape index (κ3) is 3.21. The number of hydrogen-bond acceptors (Lipinski definition) is 1. The van der Waals surface area contributed by atoms with Crippen molar-refractivity contribution in [1.82, 2.24) is 4.57 Å². The third-order valence-electron chi connectivity index (χ3n) is 8.63. The van der Waals surface area contributed by atoms with Gasteiger partial charge >= 0.3 is 0 Å². The van der Waals surface area contributed by atoms with E-state index in [0.717, 1.165) is 0 Å². The van der Waals surface area contributed by atoms with E-state index in [-0.39, 0.29) is 11.5 Å². The zero-order chi connectivity index (χ0) is 26.0. The second-order valence-corrected chi connectivity index (χ2v) is 10.8. The monoisotopic (exact) mass is 500 g/mol. The molecule has 0 spiro atoms. The van der Waals surface area contributed by atoms with E-state index in [1.54, 1.807) is 0 Å². The minimum atomic E-state index is -0.137. The van der Waals surface area contributed by atoms with Crippen LogP contribution in [0.25, 0.3) is 38.6 Å². The fourth-order valence-electron chi connectivity index (χ4n) is 6.75. The molecule has 6 aromatic rings. The average molecular weight is 501 g/mol. The number of anilines is 2. The molecule has 186 valence electrons. The molecular formula is C37H28N2. The van der Waals surface area contributed by atoms with Crippen molar-refractivity contribution in [2.75, 3.05) is 4.90 Å². The lowest BCUT2D eigenvalue weighted by atomic mass is 9.76. The fraction of sp³-hybridized carbons (Fsp3) is 0.0811. The van der Waals surface area contributed by atoms with E-state index in [9.17, 15) is 0 Å². The Morgan fingerprint density at radius 1 is 0.590 bits per heavy atom. The maximum Gasteiger partial charge on any atom is 0.0655 e. The molecule has 1 aromatic heterocycles. The topological polar surface area (TPSA) is 8.17 Å². The van der Waals surface area contributed by atoms with E-state index in [0.29, 0.717) is 0 Å². The van der Waals surface area contributed by atoms with Crippen molar-refractivity contribution in [3.63, 3.8) is 0 Å². The Balaban J connectivity index is 1.33. The summed E-state index contributed by atoms with van der Waals surface area (Å²) in [4.78, 5) is 2.53. The van der Waals surface area contributed by atoms with Crippen LogP contribution in [-0.2, 0) is 5.41 Å². The maximum absolute atomic E-state index is 2.53. The highest BCUT2D eigenvalue weighted by atomic mass is 15.2. The van der Waals surface area contributed by atoms with Crippen LogP contribution in [0.4, 0.5) is 11.4 Å². The van der Waals surface area contributed by atoms with Gasteiger partial charge in [0, 0.05) is 33.2 Å². The molecule has 2 heterocycles. The van der Waals surface area contributed by atoms with Crippen LogP contribution in [0.1, 0.15) is 12.5 Å². The van der Waals surface area contributed by atoms with Crippen LogP contribution in [0.5, 0.6) is 0 Å². The molecule has 5 aromatic carbocycles. The first-order valence-corrected chi connectivity index (χ1v) is 13.7. The maximum atomic E-state index is 2.53. The molecule has 0 amide bonds. The number of rotatable bonds is 3. The summed E-state index contributed by atoms with van der Waals surface area (Å²) >= 11 is 0. The van der Waals surface area contributed by atoms with Gasteiger partial charge in [-0.1, -0.05) is 103 Å². The normalized spacial score (nSPS) is 19.5. The van der Waals surface area contributed by atoms with Crippen molar-refractivity contribution < 1.29 is 0 Å². The second-order valence-electron chi connectivity index (χ2n) is 10.8. The van der Waals surface area contributed by atoms with Gasteiger partial charge in [-0.15, -0.1) is 0 Å². The van der Waals surface area contributed by atoms with Gasteiger partial charge in [0.2, 0.25) is 0 Å². The highest BCUT2D eigenvalue weighted by Crippen LogP contribution is 2.52. The first-order valence-electron chi connectivity index (χ1n) is 13.7. The summed E-state index contributed by atoms with van der Waals surface area (Å²) in [5.74, 6) is 0. The minimum Gasteiger partial charge on any atom is -0.333 e. The highest BCUT2D eigenvalue weighted by molar-refractivity contribution is 6.09. The van der Waals surface area contributed by atoms with Crippen molar-refractivity contribution in [1.29, 1.82) is 0 Å². The molecule has 2 nitrogen and oxygen atoms in total. The van der Waals surface area contributed by atoms with Gasteiger partial charge in [-0.3, -0.25) is 0 Å². The molecule has 0 saturated carbocycles. The van der Waals surface area contributed by atoms with Gasteiger partial charge in [0.05, 0.1) is 17.1 Å². The lowest BCUT2D eigenvalue weighted by molar-refractivity contribution is 0.550. The summed E-state index contributed by atoms with van der Waals surface area (Å²) in [6, 6.07) is 44.3. The summed E-state index contributed by atoms with van der Waals surface area (Å²) in [5, 5.41) is 2.58. The number of para-hydroxylation sites is 2. The van der Waals surface area contributed by atoms with Gasteiger partial charge in [0.15, 0.2) is 0 Å². The van der Waals surface area contributed by atoms with Gasteiger partial charge in [-0.05, 0) is 66.1 Å². The van der Waals surface area contributed by atoms with Crippen molar-refractivity contribution in [3.8, 4) is 16.8 Å².